The van der Waals surface area contributed by atoms with Crippen molar-refractivity contribution in [2.45, 2.75) is 13.1 Å². The number of amides is 3. The Morgan fingerprint density at radius 2 is 1.72 bits per heavy atom. The molecule has 2 N–H and O–H groups in total. The molecule has 2 aromatic rings. The van der Waals surface area contributed by atoms with Crippen LogP contribution in [-0.4, -0.2) is 56.0 Å². The average Bonchev–Trinajstić information content (AvgIpc) is 2.76. The zero-order valence-electron chi connectivity index (χ0n) is 17.7. The molecule has 0 aliphatic heterocycles. The molecule has 3 amide bonds. The summed E-state index contributed by atoms with van der Waals surface area (Å²) in [4.78, 5) is 38.1. The number of carbonyl (C=O) groups is 3. The van der Waals surface area contributed by atoms with Gasteiger partial charge in [-0.2, -0.15) is 13.2 Å². The SMILES string of the molecule is COCCN(CC(=O)NCC(=O)Nc1ccc(C)cc1)C(=O)c1cccc(C(F)(F)F)c1. The van der Waals surface area contributed by atoms with Crippen LogP contribution in [0.15, 0.2) is 48.5 Å². The number of halogens is 3. The Balaban J connectivity index is 1.98. The molecule has 0 saturated heterocycles. The molecule has 0 aliphatic carbocycles. The average molecular weight is 451 g/mol. The third-order valence-corrected chi connectivity index (χ3v) is 4.41. The number of benzene rings is 2. The van der Waals surface area contributed by atoms with E-state index in [9.17, 15) is 27.6 Å². The first-order valence-corrected chi connectivity index (χ1v) is 9.69. The van der Waals surface area contributed by atoms with Crippen LogP contribution in [-0.2, 0) is 20.5 Å². The summed E-state index contributed by atoms with van der Waals surface area (Å²) < 4.78 is 43.8. The van der Waals surface area contributed by atoms with E-state index in [1.54, 1.807) is 12.1 Å². The van der Waals surface area contributed by atoms with Crippen molar-refractivity contribution in [2.75, 3.05) is 38.7 Å². The summed E-state index contributed by atoms with van der Waals surface area (Å²) in [7, 11) is 1.39. The lowest BCUT2D eigenvalue weighted by Crippen LogP contribution is -2.44. The Bertz CT molecular complexity index is 946. The number of anilines is 1. The van der Waals surface area contributed by atoms with Gasteiger partial charge in [0.05, 0.1) is 25.3 Å². The molecule has 0 aromatic heterocycles. The van der Waals surface area contributed by atoms with Gasteiger partial charge in [0.25, 0.3) is 5.91 Å². The number of rotatable bonds is 9. The van der Waals surface area contributed by atoms with Crippen LogP contribution in [0.5, 0.6) is 0 Å². The summed E-state index contributed by atoms with van der Waals surface area (Å²) in [6.45, 7) is 1.18. The van der Waals surface area contributed by atoms with Crippen LogP contribution in [0, 0.1) is 6.92 Å². The molecule has 0 aliphatic rings. The third-order valence-electron chi connectivity index (χ3n) is 4.41. The molecule has 0 unspecified atom stereocenters. The molecule has 2 aromatic carbocycles. The van der Waals surface area contributed by atoms with Gasteiger partial charge in [-0.3, -0.25) is 14.4 Å². The van der Waals surface area contributed by atoms with Crippen LogP contribution in [0.2, 0.25) is 0 Å². The van der Waals surface area contributed by atoms with Gasteiger partial charge in [-0.25, -0.2) is 0 Å². The molecule has 0 heterocycles. The van der Waals surface area contributed by atoms with Gasteiger partial charge < -0.3 is 20.3 Å². The van der Waals surface area contributed by atoms with Crippen LogP contribution in [0.3, 0.4) is 0 Å². The maximum Gasteiger partial charge on any atom is 0.416 e. The second-order valence-corrected chi connectivity index (χ2v) is 6.99. The first-order chi connectivity index (χ1) is 15.1. The maximum atomic E-state index is 13.0. The molecule has 0 fully saturated rings. The van der Waals surface area contributed by atoms with Gasteiger partial charge in [-0.1, -0.05) is 23.8 Å². The number of aryl methyl sites for hydroxylation is 1. The van der Waals surface area contributed by atoms with Crippen LogP contribution in [0.4, 0.5) is 18.9 Å². The number of hydrogen-bond acceptors (Lipinski definition) is 4. The Kier molecular flexibility index (Phi) is 8.77. The third kappa shape index (κ3) is 7.69. The second kappa shape index (κ2) is 11.3. The van der Waals surface area contributed by atoms with Crippen molar-refractivity contribution in [3.05, 3.63) is 65.2 Å². The number of nitrogens with zero attached hydrogens (tertiary/aromatic N) is 1. The fourth-order valence-corrected chi connectivity index (χ4v) is 2.72. The zero-order chi connectivity index (χ0) is 23.7. The van der Waals surface area contributed by atoms with E-state index < -0.39 is 36.0 Å². The zero-order valence-corrected chi connectivity index (χ0v) is 17.7. The molecule has 10 heteroatoms. The van der Waals surface area contributed by atoms with Crippen molar-refractivity contribution in [1.29, 1.82) is 0 Å². The minimum absolute atomic E-state index is 0.0193. The number of hydrogen-bond donors (Lipinski definition) is 2. The van der Waals surface area contributed by atoms with E-state index in [0.29, 0.717) is 5.69 Å². The normalized spacial score (nSPS) is 11.0. The standard InChI is InChI=1S/C22H24F3N3O4/c1-15-6-8-18(9-7-15)27-19(29)13-26-20(30)14-28(10-11-32-2)21(31)16-4-3-5-17(12-16)22(23,24)25/h3-9,12H,10-11,13-14H2,1-2H3,(H,26,30)(H,27,29). The Morgan fingerprint density at radius 1 is 1.03 bits per heavy atom. The number of ether oxygens (including phenoxy) is 1. The largest absolute Gasteiger partial charge is 0.416 e. The summed E-state index contributed by atoms with van der Waals surface area (Å²) in [6.07, 6.45) is -4.60. The summed E-state index contributed by atoms with van der Waals surface area (Å²) >= 11 is 0. The van der Waals surface area contributed by atoms with Gasteiger partial charge in [0.15, 0.2) is 0 Å². The number of methoxy groups -OCH3 is 1. The Morgan fingerprint density at radius 3 is 2.34 bits per heavy atom. The van der Waals surface area contributed by atoms with E-state index in [1.807, 2.05) is 19.1 Å². The topological polar surface area (TPSA) is 87.7 Å². The highest BCUT2D eigenvalue weighted by Crippen LogP contribution is 2.29. The lowest BCUT2D eigenvalue weighted by Gasteiger charge is -2.22. The van der Waals surface area contributed by atoms with Crippen LogP contribution in [0.1, 0.15) is 21.5 Å². The fourth-order valence-electron chi connectivity index (χ4n) is 2.72. The highest BCUT2D eigenvalue weighted by Gasteiger charge is 2.31. The van der Waals surface area contributed by atoms with E-state index in [4.69, 9.17) is 4.74 Å². The molecule has 0 radical (unpaired) electrons. The van der Waals surface area contributed by atoms with Gasteiger partial charge in [-0.15, -0.1) is 0 Å². The van der Waals surface area contributed by atoms with E-state index in [0.717, 1.165) is 28.7 Å². The van der Waals surface area contributed by atoms with E-state index in [-0.39, 0.29) is 25.3 Å². The van der Waals surface area contributed by atoms with Gasteiger partial charge in [0.1, 0.15) is 0 Å². The van der Waals surface area contributed by atoms with Crippen molar-refractivity contribution < 1.29 is 32.3 Å². The molecule has 0 spiro atoms. The molecule has 2 rings (SSSR count). The molecular formula is C22H24F3N3O4. The van der Waals surface area contributed by atoms with Crippen molar-refractivity contribution >= 4 is 23.4 Å². The van der Waals surface area contributed by atoms with Crippen LogP contribution < -0.4 is 10.6 Å². The second-order valence-electron chi connectivity index (χ2n) is 6.99. The fraction of sp³-hybridized carbons (Fsp3) is 0.318. The summed E-state index contributed by atoms with van der Waals surface area (Å²) in [6, 6.07) is 11.0. The number of carbonyl (C=O) groups excluding carboxylic acids is 3. The van der Waals surface area contributed by atoms with Crippen LogP contribution >= 0.6 is 0 Å². The molecular weight excluding hydrogens is 427 g/mol. The highest BCUT2D eigenvalue weighted by atomic mass is 19.4. The van der Waals surface area contributed by atoms with Crippen molar-refractivity contribution in [1.82, 2.24) is 10.2 Å². The molecule has 7 nitrogen and oxygen atoms in total. The molecule has 0 bridgehead atoms. The molecule has 172 valence electrons. The maximum absolute atomic E-state index is 13.0. The van der Waals surface area contributed by atoms with E-state index >= 15 is 0 Å². The molecule has 32 heavy (non-hydrogen) atoms. The predicted molar refractivity (Wildman–Crippen MR) is 112 cm³/mol. The first kappa shape index (κ1) is 24.9. The minimum atomic E-state index is -4.60. The Labute approximate surface area is 183 Å². The Hall–Kier alpha value is -3.40. The lowest BCUT2D eigenvalue weighted by atomic mass is 10.1. The summed E-state index contributed by atoms with van der Waals surface area (Å²) in [5.74, 6) is -1.86. The first-order valence-electron chi connectivity index (χ1n) is 9.69. The van der Waals surface area contributed by atoms with Crippen LogP contribution in [0.25, 0.3) is 0 Å². The summed E-state index contributed by atoms with van der Waals surface area (Å²) in [5, 5.41) is 5.02. The van der Waals surface area contributed by atoms with E-state index in [1.165, 1.54) is 13.2 Å². The van der Waals surface area contributed by atoms with Gasteiger partial charge in [0, 0.05) is 24.9 Å². The number of alkyl halides is 3. The molecule has 0 saturated carbocycles. The smallest absolute Gasteiger partial charge is 0.383 e. The van der Waals surface area contributed by atoms with Crippen molar-refractivity contribution in [2.24, 2.45) is 0 Å². The quantitative estimate of drug-likeness (QED) is 0.614. The predicted octanol–water partition coefficient (Wildman–Crippen LogP) is 2.86. The van der Waals surface area contributed by atoms with E-state index in [2.05, 4.69) is 10.6 Å². The van der Waals surface area contributed by atoms with Gasteiger partial charge in [-0.05, 0) is 37.3 Å². The summed E-state index contributed by atoms with van der Waals surface area (Å²) in [5.41, 5.74) is 0.419. The molecule has 0 atom stereocenters. The minimum Gasteiger partial charge on any atom is -0.383 e. The van der Waals surface area contributed by atoms with Crippen molar-refractivity contribution in [3.63, 3.8) is 0 Å². The van der Waals surface area contributed by atoms with Gasteiger partial charge >= 0.3 is 6.18 Å². The van der Waals surface area contributed by atoms with Gasteiger partial charge in [0.2, 0.25) is 11.8 Å². The lowest BCUT2D eigenvalue weighted by molar-refractivity contribution is -0.137. The van der Waals surface area contributed by atoms with Crippen molar-refractivity contribution in [3.8, 4) is 0 Å². The highest BCUT2D eigenvalue weighted by molar-refractivity contribution is 5.98. The monoisotopic (exact) mass is 451 g/mol. The number of nitrogens with one attached hydrogen (secondary N) is 2.